The van der Waals surface area contributed by atoms with E-state index < -0.39 is 5.41 Å². The third-order valence-corrected chi connectivity index (χ3v) is 4.40. The second-order valence-corrected chi connectivity index (χ2v) is 6.57. The average molecular weight is 302 g/mol. The molecule has 2 rings (SSSR count). The number of fused-ring (bicyclic) bond motifs is 1. The Morgan fingerprint density at radius 1 is 1.27 bits per heavy atom. The first-order valence-electron chi connectivity index (χ1n) is 8.06. The van der Waals surface area contributed by atoms with Gasteiger partial charge in [-0.25, -0.2) is 0 Å². The van der Waals surface area contributed by atoms with Gasteiger partial charge in [0, 0.05) is 19.3 Å². The molecule has 1 aromatic rings. The van der Waals surface area contributed by atoms with Gasteiger partial charge in [0.25, 0.3) is 0 Å². The van der Waals surface area contributed by atoms with Gasteiger partial charge in [-0.05, 0) is 37.5 Å². The van der Waals surface area contributed by atoms with Crippen LogP contribution in [0.25, 0.3) is 0 Å². The number of rotatable bonds is 6. The Kier molecular flexibility index (Phi) is 4.89. The van der Waals surface area contributed by atoms with Gasteiger partial charge in [0.05, 0.1) is 11.8 Å². The number of amides is 2. The summed E-state index contributed by atoms with van der Waals surface area (Å²) in [5.74, 6) is 0.148. The van der Waals surface area contributed by atoms with Crippen molar-refractivity contribution in [1.29, 1.82) is 0 Å². The van der Waals surface area contributed by atoms with Crippen LogP contribution in [0.5, 0.6) is 0 Å². The minimum Gasteiger partial charge on any atom is -0.356 e. The molecule has 0 fully saturated rings. The summed E-state index contributed by atoms with van der Waals surface area (Å²) in [7, 11) is 1.80. The van der Waals surface area contributed by atoms with E-state index in [1.807, 2.05) is 32.0 Å². The molecule has 120 valence electrons. The summed E-state index contributed by atoms with van der Waals surface area (Å²) in [6.45, 7) is 6.76. The van der Waals surface area contributed by atoms with Crippen LogP contribution in [0.1, 0.15) is 51.2 Å². The molecular formula is C18H26N2O2. The molecule has 1 aromatic carbocycles. The lowest BCUT2D eigenvalue weighted by molar-refractivity contribution is -0.122. The maximum Gasteiger partial charge on any atom is 0.236 e. The van der Waals surface area contributed by atoms with E-state index in [4.69, 9.17) is 0 Å². The lowest BCUT2D eigenvalue weighted by Crippen LogP contribution is -2.33. The predicted octanol–water partition coefficient (Wildman–Crippen LogP) is 2.79. The molecular weight excluding hydrogens is 276 g/mol. The summed E-state index contributed by atoms with van der Waals surface area (Å²) in [5, 5.41) is 2.96. The van der Waals surface area contributed by atoms with Gasteiger partial charge in [-0.15, -0.1) is 0 Å². The smallest absolute Gasteiger partial charge is 0.236 e. The highest BCUT2D eigenvalue weighted by molar-refractivity contribution is 6.07. The Balaban J connectivity index is 2.05. The van der Waals surface area contributed by atoms with Crippen LogP contribution in [0.2, 0.25) is 0 Å². The molecule has 0 saturated heterocycles. The number of carbonyl (C=O) groups is 2. The number of anilines is 1. The zero-order valence-corrected chi connectivity index (χ0v) is 14.0. The van der Waals surface area contributed by atoms with Crippen LogP contribution in [0.4, 0.5) is 5.69 Å². The molecule has 0 radical (unpaired) electrons. The van der Waals surface area contributed by atoms with E-state index in [1.54, 1.807) is 11.9 Å². The van der Waals surface area contributed by atoms with Crippen LogP contribution < -0.4 is 10.2 Å². The molecule has 0 aromatic heterocycles. The number of nitrogens with one attached hydrogen (secondary N) is 1. The maximum atomic E-state index is 12.3. The van der Waals surface area contributed by atoms with Crippen molar-refractivity contribution in [1.82, 2.24) is 5.32 Å². The van der Waals surface area contributed by atoms with Gasteiger partial charge in [-0.3, -0.25) is 9.59 Å². The molecule has 0 bridgehead atoms. The van der Waals surface area contributed by atoms with E-state index in [9.17, 15) is 9.59 Å². The van der Waals surface area contributed by atoms with Gasteiger partial charge >= 0.3 is 0 Å². The third-order valence-electron chi connectivity index (χ3n) is 4.40. The first kappa shape index (κ1) is 16.5. The predicted molar refractivity (Wildman–Crippen MR) is 89.1 cm³/mol. The molecule has 0 spiro atoms. The molecule has 4 heteroatoms. The Bertz CT molecular complexity index is 578. The summed E-state index contributed by atoms with van der Waals surface area (Å²) in [6, 6.07) is 5.89. The van der Waals surface area contributed by atoms with Gasteiger partial charge in [0.15, 0.2) is 0 Å². The topological polar surface area (TPSA) is 49.4 Å². The summed E-state index contributed by atoms with van der Waals surface area (Å²) in [4.78, 5) is 25.9. The molecule has 0 unspecified atom stereocenters. The number of unbranched alkanes of at least 4 members (excludes halogenated alkanes) is 2. The van der Waals surface area contributed by atoms with Crippen molar-refractivity contribution in [3.8, 4) is 0 Å². The van der Waals surface area contributed by atoms with Gasteiger partial charge in [0.2, 0.25) is 11.8 Å². The number of hydrogen-bond acceptors (Lipinski definition) is 2. The molecule has 1 aliphatic heterocycles. The normalized spacial score (nSPS) is 15.8. The number of likely N-dealkylation sites (N-methyl/N-ethyl adjacent to an activating group) is 1. The molecule has 0 atom stereocenters. The Morgan fingerprint density at radius 3 is 2.68 bits per heavy atom. The minimum atomic E-state index is -0.516. The van der Waals surface area contributed by atoms with Gasteiger partial charge in [0.1, 0.15) is 0 Å². The number of benzene rings is 1. The second kappa shape index (κ2) is 6.51. The summed E-state index contributed by atoms with van der Waals surface area (Å²) in [6.07, 6.45) is 3.69. The number of hydrogen-bond donors (Lipinski definition) is 1. The van der Waals surface area contributed by atoms with E-state index in [0.29, 0.717) is 6.42 Å². The highest BCUT2D eigenvalue weighted by Crippen LogP contribution is 2.41. The van der Waals surface area contributed by atoms with Crippen molar-refractivity contribution in [3.63, 3.8) is 0 Å². The van der Waals surface area contributed by atoms with E-state index in [1.165, 1.54) is 0 Å². The van der Waals surface area contributed by atoms with E-state index >= 15 is 0 Å². The fourth-order valence-corrected chi connectivity index (χ4v) is 2.98. The van der Waals surface area contributed by atoms with Crippen molar-refractivity contribution in [2.24, 2.45) is 0 Å². The first-order valence-corrected chi connectivity index (χ1v) is 8.06. The van der Waals surface area contributed by atoms with Crippen LogP contribution in [0, 0.1) is 0 Å². The number of nitrogens with zero attached hydrogens (tertiary/aromatic N) is 1. The first-order chi connectivity index (χ1) is 10.4. The van der Waals surface area contributed by atoms with Crippen molar-refractivity contribution >= 4 is 17.5 Å². The van der Waals surface area contributed by atoms with Crippen LogP contribution in [0.3, 0.4) is 0 Å². The third kappa shape index (κ3) is 3.16. The van der Waals surface area contributed by atoms with Crippen LogP contribution in [-0.2, 0) is 21.4 Å². The van der Waals surface area contributed by atoms with Crippen LogP contribution in [0.15, 0.2) is 18.2 Å². The van der Waals surface area contributed by atoms with Crippen LogP contribution >= 0.6 is 0 Å². The zero-order valence-electron chi connectivity index (χ0n) is 14.0. The molecule has 0 saturated carbocycles. The number of carbonyl (C=O) groups excluding carboxylic acids is 2. The van der Waals surface area contributed by atoms with Gasteiger partial charge < -0.3 is 10.2 Å². The van der Waals surface area contributed by atoms with Crippen molar-refractivity contribution in [3.05, 3.63) is 29.3 Å². The van der Waals surface area contributed by atoms with Crippen molar-refractivity contribution in [2.75, 3.05) is 18.5 Å². The standard InChI is InChI=1S/C18H26N2O2/c1-5-6-7-10-19-16(21)12-13-8-9-15-14(11-13)18(2,3)17(22)20(15)4/h8-9,11H,5-7,10,12H2,1-4H3,(H,19,21). The van der Waals surface area contributed by atoms with Gasteiger partial charge in [-0.1, -0.05) is 31.9 Å². The summed E-state index contributed by atoms with van der Waals surface area (Å²) < 4.78 is 0. The monoisotopic (exact) mass is 302 g/mol. The second-order valence-electron chi connectivity index (χ2n) is 6.57. The lowest BCUT2D eigenvalue weighted by Gasteiger charge is -2.16. The molecule has 1 aliphatic rings. The Morgan fingerprint density at radius 2 is 2.00 bits per heavy atom. The Hall–Kier alpha value is -1.84. The highest BCUT2D eigenvalue weighted by atomic mass is 16.2. The molecule has 2 amide bonds. The minimum absolute atomic E-state index is 0.0477. The average Bonchev–Trinajstić information content (AvgIpc) is 2.65. The SMILES string of the molecule is CCCCCNC(=O)Cc1ccc2c(c1)C(C)(C)C(=O)N2C. The van der Waals surface area contributed by atoms with E-state index in [-0.39, 0.29) is 11.8 Å². The molecule has 1 heterocycles. The quantitative estimate of drug-likeness (QED) is 0.822. The highest BCUT2D eigenvalue weighted by Gasteiger charge is 2.42. The van der Waals surface area contributed by atoms with Gasteiger partial charge in [-0.2, -0.15) is 0 Å². The van der Waals surface area contributed by atoms with Crippen molar-refractivity contribution < 1.29 is 9.59 Å². The van der Waals surface area contributed by atoms with E-state index in [0.717, 1.165) is 42.6 Å². The zero-order chi connectivity index (χ0) is 16.3. The maximum absolute atomic E-state index is 12.3. The van der Waals surface area contributed by atoms with E-state index in [2.05, 4.69) is 12.2 Å². The molecule has 22 heavy (non-hydrogen) atoms. The summed E-state index contributed by atoms with van der Waals surface area (Å²) >= 11 is 0. The van der Waals surface area contributed by atoms with Crippen molar-refractivity contribution in [2.45, 2.75) is 51.9 Å². The molecule has 0 aliphatic carbocycles. The summed E-state index contributed by atoms with van der Waals surface area (Å²) in [5.41, 5.74) is 2.40. The lowest BCUT2D eigenvalue weighted by atomic mass is 9.85. The largest absolute Gasteiger partial charge is 0.356 e. The Labute approximate surface area is 132 Å². The van der Waals surface area contributed by atoms with Crippen LogP contribution in [-0.4, -0.2) is 25.4 Å². The molecule has 1 N–H and O–H groups in total. The fraction of sp³-hybridized carbons (Fsp3) is 0.556. The molecule has 4 nitrogen and oxygen atoms in total. The fourth-order valence-electron chi connectivity index (χ4n) is 2.98.